The molecule has 1 aliphatic heterocycles. The molecule has 36 heavy (non-hydrogen) atoms. The van der Waals surface area contributed by atoms with Crippen LogP contribution in [0.1, 0.15) is 73.2 Å². The first-order chi connectivity index (χ1) is 17.1. The van der Waals surface area contributed by atoms with E-state index in [0.717, 1.165) is 5.56 Å². The predicted octanol–water partition coefficient (Wildman–Crippen LogP) is 3.79. The largest absolute Gasteiger partial charge is 0.497 e. The van der Waals surface area contributed by atoms with Crippen LogP contribution in [-0.4, -0.2) is 58.7 Å². The number of imide groups is 1. The number of hydrogen-bond acceptors (Lipinski definition) is 5. The molecule has 0 saturated heterocycles. The number of methoxy groups -OCH3 is 1. The maximum atomic E-state index is 13.4. The normalized spacial score (nSPS) is 13.9. The van der Waals surface area contributed by atoms with Crippen LogP contribution in [-0.2, 0) is 16.1 Å². The van der Waals surface area contributed by atoms with E-state index < -0.39 is 11.6 Å². The van der Waals surface area contributed by atoms with Gasteiger partial charge in [0.05, 0.1) is 18.2 Å². The Hall–Kier alpha value is -3.68. The highest BCUT2D eigenvalue weighted by Gasteiger charge is 2.35. The first kappa shape index (κ1) is 26.9. The van der Waals surface area contributed by atoms with Crippen molar-refractivity contribution in [2.45, 2.75) is 65.1 Å². The smallest absolute Gasteiger partial charge is 0.261 e. The zero-order chi connectivity index (χ0) is 26.5. The van der Waals surface area contributed by atoms with Crippen molar-refractivity contribution < 1.29 is 23.9 Å². The molecule has 0 unspecified atom stereocenters. The van der Waals surface area contributed by atoms with Gasteiger partial charge in [-0.1, -0.05) is 31.2 Å². The molecule has 2 aromatic rings. The molecular weight excluding hydrogens is 458 g/mol. The van der Waals surface area contributed by atoms with Crippen molar-refractivity contribution in [2.24, 2.45) is 0 Å². The molecule has 0 radical (unpaired) electrons. The Morgan fingerprint density at radius 2 is 1.58 bits per heavy atom. The summed E-state index contributed by atoms with van der Waals surface area (Å²) in [5, 5.41) is 2.98. The Morgan fingerprint density at radius 3 is 2.08 bits per heavy atom. The molecule has 1 aliphatic rings. The summed E-state index contributed by atoms with van der Waals surface area (Å²) in [7, 11) is 1.59. The third-order valence-electron chi connectivity index (χ3n) is 6.05. The van der Waals surface area contributed by atoms with E-state index in [1.165, 1.54) is 4.90 Å². The summed E-state index contributed by atoms with van der Waals surface area (Å²) in [6.07, 6.45) is 0.853. The standard InChI is InChI=1S/C28H35N3O5/c1-6-23(25(33)29-28(2,3)4)31(18-19-13-15-20(36-5)16-14-19)24(32)12-9-17-30-26(34)21-10-7-8-11-22(21)27(30)35/h7-8,10-11,13-16,23H,6,9,12,17-18H2,1-5H3,(H,29,33)/t23-/m0/s1. The van der Waals surface area contributed by atoms with Crippen molar-refractivity contribution >= 4 is 23.6 Å². The van der Waals surface area contributed by atoms with E-state index in [1.54, 1.807) is 36.3 Å². The van der Waals surface area contributed by atoms with Crippen LogP contribution in [0.25, 0.3) is 0 Å². The van der Waals surface area contributed by atoms with E-state index in [1.807, 2.05) is 52.0 Å². The first-order valence-electron chi connectivity index (χ1n) is 12.3. The first-order valence-corrected chi connectivity index (χ1v) is 12.3. The Kier molecular flexibility index (Phi) is 8.50. The van der Waals surface area contributed by atoms with Crippen molar-refractivity contribution in [1.82, 2.24) is 15.1 Å². The van der Waals surface area contributed by atoms with E-state index in [0.29, 0.717) is 29.7 Å². The van der Waals surface area contributed by atoms with Gasteiger partial charge in [-0.05, 0) is 63.4 Å². The molecule has 0 aromatic heterocycles. The van der Waals surface area contributed by atoms with Crippen LogP contribution in [0.15, 0.2) is 48.5 Å². The number of rotatable bonds is 10. The molecule has 3 rings (SSSR count). The topological polar surface area (TPSA) is 96.0 Å². The van der Waals surface area contributed by atoms with Crippen molar-refractivity contribution in [3.63, 3.8) is 0 Å². The number of fused-ring (bicyclic) bond motifs is 1. The maximum absolute atomic E-state index is 13.4. The fourth-order valence-corrected chi connectivity index (χ4v) is 4.27. The van der Waals surface area contributed by atoms with Crippen LogP contribution >= 0.6 is 0 Å². The fraction of sp³-hybridized carbons (Fsp3) is 0.429. The van der Waals surface area contributed by atoms with Gasteiger partial charge >= 0.3 is 0 Å². The van der Waals surface area contributed by atoms with Crippen LogP contribution in [0, 0.1) is 0 Å². The van der Waals surface area contributed by atoms with Crippen LogP contribution in [0.4, 0.5) is 0 Å². The van der Waals surface area contributed by atoms with Crippen LogP contribution in [0.3, 0.4) is 0 Å². The number of carbonyl (C=O) groups excluding carboxylic acids is 4. The van der Waals surface area contributed by atoms with Gasteiger partial charge in [0.2, 0.25) is 11.8 Å². The second-order valence-electron chi connectivity index (χ2n) is 9.94. The van der Waals surface area contributed by atoms with Gasteiger partial charge in [0.1, 0.15) is 11.8 Å². The second-order valence-corrected chi connectivity index (χ2v) is 9.94. The van der Waals surface area contributed by atoms with Gasteiger partial charge in [-0.2, -0.15) is 0 Å². The number of nitrogens with one attached hydrogen (secondary N) is 1. The molecule has 0 aliphatic carbocycles. The summed E-state index contributed by atoms with van der Waals surface area (Å²) in [6.45, 7) is 7.96. The zero-order valence-electron chi connectivity index (χ0n) is 21.7. The van der Waals surface area contributed by atoms with Crippen molar-refractivity contribution in [1.29, 1.82) is 0 Å². The monoisotopic (exact) mass is 493 g/mol. The minimum Gasteiger partial charge on any atom is -0.497 e. The quantitative estimate of drug-likeness (QED) is 0.508. The number of benzene rings is 2. The lowest BCUT2D eigenvalue weighted by molar-refractivity contribution is -0.142. The van der Waals surface area contributed by atoms with E-state index in [9.17, 15) is 19.2 Å². The van der Waals surface area contributed by atoms with E-state index in [2.05, 4.69) is 5.32 Å². The molecule has 0 saturated carbocycles. The highest BCUT2D eigenvalue weighted by molar-refractivity contribution is 6.21. The van der Waals surface area contributed by atoms with Gasteiger partial charge in [0.25, 0.3) is 11.8 Å². The minimum absolute atomic E-state index is 0.100. The molecule has 0 bridgehead atoms. The van der Waals surface area contributed by atoms with Crippen molar-refractivity contribution in [2.75, 3.05) is 13.7 Å². The molecule has 2 aromatic carbocycles. The summed E-state index contributed by atoms with van der Waals surface area (Å²) < 4.78 is 5.22. The summed E-state index contributed by atoms with van der Waals surface area (Å²) in [5.74, 6) is -0.399. The van der Waals surface area contributed by atoms with Gasteiger partial charge in [-0.3, -0.25) is 24.1 Å². The lowest BCUT2D eigenvalue weighted by Gasteiger charge is -2.33. The fourth-order valence-electron chi connectivity index (χ4n) is 4.27. The molecule has 1 atom stereocenters. The van der Waals surface area contributed by atoms with Crippen LogP contribution < -0.4 is 10.1 Å². The van der Waals surface area contributed by atoms with Crippen molar-refractivity contribution in [3.8, 4) is 5.75 Å². The third-order valence-corrected chi connectivity index (χ3v) is 6.05. The second kappa shape index (κ2) is 11.4. The van der Waals surface area contributed by atoms with Gasteiger partial charge in [-0.25, -0.2) is 0 Å². The third kappa shape index (κ3) is 6.30. The summed E-state index contributed by atoms with van der Waals surface area (Å²) in [6, 6.07) is 13.4. The average Bonchev–Trinajstić information content (AvgIpc) is 3.08. The molecule has 0 fully saturated rings. The number of amides is 4. The van der Waals surface area contributed by atoms with Gasteiger partial charge in [0, 0.05) is 25.0 Å². The number of nitrogens with zero attached hydrogens (tertiary/aromatic N) is 2. The highest BCUT2D eigenvalue weighted by atomic mass is 16.5. The average molecular weight is 494 g/mol. The van der Waals surface area contributed by atoms with Crippen molar-refractivity contribution in [3.05, 3.63) is 65.2 Å². The molecular formula is C28H35N3O5. The molecule has 192 valence electrons. The predicted molar refractivity (Wildman–Crippen MR) is 137 cm³/mol. The molecule has 4 amide bonds. The number of carbonyl (C=O) groups is 4. The lowest BCUT2D eigenvalue weighted by Crippen LogP contribution is -2.53. The summed E-state index contributed by atoms with van der Waals surface area (Å²) >= 11 is 0. The molecule has 0 spiro atoms. The maximum Gasteiger partial charge on any atom is 0.261 e. The Labute approximate surface area is 212 Å². The molecule has 8 heteroatoms. The molecule has 8 nitrogen and oxygen atoms in total. The molecule has 1 N–H and O–H groups in total. The summed E-state index contributed by atoms with van der Waals surface area (Å²) in [5.41, 5.74) is 1.20. The minimum atomic E-state index is -0.655. The Balaban J connectivity index is 1.73. The Morgan fingerprint density at radius 1 is 1.00 bits per heavy atom. The van der Waals surface area contributed by atoms with Gasteiger partial charge < -0.3 is 15.0 Å². The van der Waals surface area contributed by atoms with E-state index in [4.69, 9.17) is 4.74 Å². The summed E-state index contributed by atoms with van der Waals surface area (Å²) in [4.78, 5) is 54.6. The number of ether oxygens (including phenoxy) is 1. The van der Waals surface area contributed by atoms with E-state index >= 15 is 0 Å². The Bertz CT molecular complexity index is 1090. The van der Waals surface area contributed by atoms with Gasteiger partial charge in [0.15, 0.2) is 0 Å². The van der Waals surface area contributed by atoms with E-state index in [-0.39, 0.29) is 43.1 Å². The van der Waals surface area contributed by atoms with Crippen LogP contribution in [0.5, 0.6) is 5.75 Å². The number of hydrogen-bond donors (Lipinski definition) is 1. The highest BCUT2D eigenvalue weighted by Crippen LogP contribution is 2.23. The SMILES string of the molecule is CC[C@@H](C(=O)NC(C)(C)C)N(Cc1ccc(OC)cc1)C(=O)CCCN1C(=O)c2ccccc2C1=O. The lowest BCUT2D eigenvalue weighted by atomic mass is 10.0. The van der Waals surface area contributed by atoms with Gasteiger partial charge in [-0.15, -0.1) is 0 Å². The zero-order valence-corrected chi connectivity index (χ0v) is 21.7. The molecule has 1 heterocycles. The van der Waals surface area contributed by atoms with Crippen LogP contribution in [0.2, 0.25) is 0 Å².